The molecule has 1 aromatic heterocycles. The fourth-order valence-corrected chi connectivity index (χ4v) is 6.44. The molecule has 2 aromatic rings. The van der Waals surface area contributed by atoms with Crippen LogP contribution in [0.15, 0.2) is 30.3 Å². The average molecular weight is 539 g/mol. The Hall–Kier alpha value is -2.02. The molecule has 2 atom stereocenters. The normalized spacial score (nSPS) is 26.9. The number of halogens is 3. The first-order valence-electron chi connectivity index (χ1n) is 12.0. The van der Waals surface area contributed by atoms with Crippen LogP contribution in [0.5, 0.6) is 0 Å². The standard InChI is InChI=1S/C24H30F3N5O2P2/c1-29(2)23(16-4-3-5-17(35)12-16)10-8-22(9-11-23)14-30(21(34)32(22)36)19-13-18(24(25,26)27)28-31(19)20(33)15-6-7-15/h3-5,12-13,15H,6-11,14,35-36H2,1-2H3/t22-,23+. The summed E-state index contributed by atoms with van der Waals surface area (Å²) in [5, 5.41) is 4.68. The van der Waals surface area contributed by atoms with Crippen molar-refractivity contribution >= 4 is 41.7 Å². The van der Waals surface area contributed by atoms with Crippen LogP contribution in [0.4, 0.5) is 23.8 Å². The van der Waals surface area contributed by atoms with Gasteiger partial charge in [-0.3, -0.25) is 14.6 Å². The number of urea groups is 1. The van der Waals surface area contributed by atoms with Crippen LogP contribution in [0.2, 0.25) is 0 Å². The number of alkyl halides is 3. The third-order valence-corrected chi connectivity index (χ3v) is 9.21. The van der Waals surface area contributed by atoms with Crippen molar-refractivity contribution in [2.45, 2.75) is 55.8 Å². The maximum absolute atomic E-state index is 13.5. The molecule has 5 rings (SSSR count). The van der Waals surface area contributed by atoms with Gasteiger partial charge in [-0.15, -0.1) is 9.24 Å². The van der Waals surface area contributed by atoms with Gasteiger partial charge in [0, 0.05) is 17.5 Å². The summed E-state index contributed by atoms with van der Waals surface area (Å²) in [6, 6.07) is 8.73. The molecule has 0 N–H and O–H groups in total. The van der Waals surface area contributed by atoms with Crippen LogP contribution in [0.3, 0.4) is 0 Å². The molecule has 1 saturated heterocycles. The van der Waals surface area contributed by atoms with Gasteiger partial charge < -0.3 is 4.67 Å². The molecule has 2 saturated carbocycles. The molecule has 2 aliphatic carbocycles. The van der Waals surface area contributed by atoms with E-state index in [1.807, 2.05) is 12.1 Å². The predicted molar refractivity (Wildman–Crippen MR) is 137 cm³/mol. The zero-order valence-electron chi connectivity index (χ0n) is 20.3. The molecule has 2 unspecified atom stereocenters. The number of benzene rings is 1. The maximum atomic E-state index is 13.5. The summed E-state index contributed by atoms with van der Waals surface area (Å²) in [6.45, 7) is 0.198. The molecule has 12 heteroatoms. The van der Waals surface area contributed by atoms with Gasteiger partial charge in [-0.1, -0.05) is 18.2 Å². The van der Waals surface area contributed by atoms with Crippen molar-refractivity contribution < 1.29 is 22.8 Å². The Morgan fingerprint density at radius 3 is 2.36 bits per heavy atom. The van der Waals surface area contributed by atoms with Crippen molar-refractivity contribution in [1.82, 2.24) is 19.4 Å². The van der Waals surface area contributed by atoms with Crippen LogP contribution in [0, 0.1) is 5.92 Å². The summed E-state index contributed by atoms with van der Waals surface area (Å²) >= 11 is 0. The molecular formula is C24H30F3N5O2P2. The van der Waals surface area contributed by atoms with Gasteiger partial charge >= 0.3 is 12.2 Å². The van der Waals surface area contributed by atoms with Gasteiger partial charge in [0.05, 0.1) is 12.1 Å². The Morgan fingerprint density at radius 2 is 1.81 bits per heavy atom. The SMILES string of the molecule is CN(C)[C@]1(c2cccc(P)c2)CC[C@]2(CC1)CN(c1cc(C(F)(F)F)nn1C(=O)C1CC1)C(=O)N2P. The Balaban J connectivity index is 1.46. The largest absolute Gasteiger partial charge is 0.435 e. The van der Waals surface area contributed by atoms with E-state index in [-0.39, 0.29) is 23.8 Å². The molecule has 36 heavy (non-hydrogen) atoms. The number of aromatic nitrogens is 2. The van der Waals surface area contributed by atoms with Crippen molar-refractivity contribution in [3.8, 4) is 0 Å². The summed E-state index contributed by atoms with van der Waals surface area (Å²) in [6.07, 6.45) is -0.603. The van der Waals surface area contributed by atoms with E-state index in [0.717, 1.165) is 28.9 Å². The Kier molecular flexibility index (Phi) is 6.25. The second-order valence-electron chi connectivity index (χ2n) is 10.4. The molecule has 2 amide bonds. The molecule has 1 aliphatic heterocycles. The highest BCUT2D eigenvalue weighted by Gasteiger charge is 2.55. The van der Waals surface area contributed by atoms with Gasteiger partial charge in [0.25, 0.3) is 5.91 Å². The molecule has 2 heterocycles. The summed E-state index contributed by atoms with van der Waals surface area (Å²) in [4.78, 5) is 29.7. The minimum atomic E-state index is -4.72. The van der Waals surface area contributed by atoms with E-state index in [9.17, 15) is 22.8 Å². The average Bonchev–Trinajstić information content (AvgIpc) is 3.53. The molecule has 0 bridgehead atoms. The Labute approximate surface area is 212 Å². The number of carbonyl (C=O) groups excluding carboxylic acids is 2. The summed E-state index contributed by atoms with van der Waals surface area (Å²) in [5.41, 5.74) is -0.749. The number of amides is 2. The number of anilines is 1. The van der Waals surface area contributed by atoms with Crippen molar-refractivity contribution in [3.05, 3.63) is 41.6 Å². The van der Waals surface area contributed by atoms with Crippen LogP contribution in [-0.4, -0.2) is 57.5 Å². The Bertz CT molecular complexity index is 1200. The molecule has 7 nitrogen and oxygen atoms in total. The first-order valence-corrected chi connectivity index (χ1v) is 13.1. The number of carbonyl (C=O) groups is 2. The topological polar surface area (TPSA) is 61.7 Å². The fourth-order valence-electron chi connectivity index (χ4n) is 5.67. The van der Waals surface area contributed by atoms with Gasteiger partial charge in [0.2, 0.25) is 0 Å². The Morgan fingerprint density at radius 1 is 1.14 bits per heavy atom. The quantitative estimate of drug-likeness (QED) is 0.546. The number of hydrogen-bond donors (Lipinski definition) is 0. The molecule has 1 spiro atoms. The molecule has 194 valence electrons. The summed E-state index contributed by atoms with van der Waals surface area (Å²) in [5.74, 6) is -0.933. The smallest absolute Gasteiger partial charge is 0.301 e. The monoisotopic (exact) mass is 539 g/mol. The zero-order chi connectivity index (χ0) is 26.0. The molecule has 0 radical (unpaired) electrons. The van der Waals surface area contributed by atoms with Gasteiger partial charge in [-0.25, -0.2) is 4.79 Å². The number of rotatable bonds is 4. The van der Waals surface area contributed by atoms with Crippen LogP contribution in [-0.2, 0) is 11.7 Å². The van der Waals surface area contributed by atoms with Crippen LogP contribution < -0.4 is 10.2 Å². The minimum absolute atomic E-state index is 0.103. The first kappa shape index (κ1) is 25.6. The minimum Gasteiger partial charge on any atom is -0.301 e. The van der Waals surface area contributed by atoms with E-state index in [0.29, 0.717) is 25.7 Å². The van der Waals surface area contributed by atoms with E-state index in [1.54, 1.807) is 4.67 Å². The molecular weight excluding hydrogens is 509 g/mol. The fraction of sp³-hybridized carbons (Fsp3) is 0.542. The lowest BCUT2D eigenvalue weighted by molar-refractivity contribution is -0.141. The lowest BCUT2D eigenvalue weighted by atomic mass is 9.69. The first-order chi connectivity index (χ1) is 16.9. The van der Waals surface area contributed by atoms with Crippen molar-refractivity contribution in [2.24, 2.45) is 5.92 Å². The lowest BCUT2D eigenvalue weighted by Crippen LogP contribution is -2.53. The molecule has 3 aliphatic rings. The predicted octanol–water partition coefficient (Wildman–Crippen LogP) is 4.25. The highest BCUT2D eigenvalue weighted by atomic mass is 31.0. The molecule has 3 fully saturated rings. The van der Waals surface area contributed by atoms with Crippen LogP contribution in [0.1, 0.15) is 54.6 Å². The summed E-state index contributed by atoms with van der Waals surface area (Å²) in [7, 11) is 9.32. The molecule has 1 aromatic carbocycles. The highest BCUT2D eigenvalue weighted by molar-refractivity contribution is 7.27. The van der Waals surface area contributed by atoms with Crippen LogP contribution >= 0.6 is 18.6 Å². The zero-order valence-corrected chi connectivity index (χ0v) is 22.6. The summed E-state index contributed by atoms with van der Waals surface area (Å²) < 4.78 is 42.9. The van der Waals surface area contributed by atoms with Crippen LogP contribution in [0.25, 0.3) is 0 Å². The number of hydrogen-bond acceptors (Lipinski definition) is 4. The maximum Gasteiger partial charge on any atom is 0.435 e. The van der Waals surface area contributed by atoms with E-state index in [2.05, 4.69) is 54.9 Å². The highest BCUT2D eigenvalue weighted by Crippen LogP contribution is 2.50. The van der Waals surface area contributed by atoms with Gasteiger partial charge in [0.15, 0.2) is 5.69 Å². The van der Waals surface area contributed by atoms with E-state index < -0.39 is 29.3 Å². The van der Waals surface area contributed by atoms with Crippen molar-refractivity contribution in [3.63, 3.8) is 0 Å². The second kappa shape index (κ2) is 8.78. The van der Waals surface area contributed by atoms with Crippen molar-refractivity contribution in [2.75, 3.05) is 25.5 Å². The lowest BCUT2D eigenvalue weighted by Gasteiger charge is -2.50. The van der Waals surface area contributed by atoms with E-state index in [4.69, 9.17) is 0 Å². The van der Waals surface area contributed by atoms with Crippen molar-refractivity contribution in [1.29, 1.82) is 0 Å². The van der Waals surface area contributed by atoms with Gasteiger partial charge in [0.1, 0.15) is 5.82 Å². The van der Waals surface area contributed by atoms with Gasteiger partial charge in [-0.2, -0.15) is 23.0 Å². The third kappa shape index (κ3) is 4.15. The van der Waals surface area contributed by atoms with E-state index in [1.165, 1.54) is 10.5 Å². The van der Waals surface area contributed by atoms with E-state index >= 15 is 0 Å². The number of nitrogens with zero attached hydrogens (tertiary/aromatic N) is 5. The van der Waals surface area contributed by atoms with Gasteiger partial charge in [-0.05, 0) is 78.9 Å². The second-order valence-corrected chi connectivity index (χ2v) is 11.6. The third-order valence-electron chi connectivity index (χ3n) is 8.08.